The minimum absolute atomic E-state index is 0.198. The van der Waals surface area contributed by atoms with Gasteiger partial charge in [0.05, 0.1) is 6.21 Å². The van der Waals surface area contributed by atoms with Crippen LogP contribution >= 0.6 is 15.9 Å². The minimum Gasteiger partial charge on any atom is -0.358 e. The molecular weight excluding hydrogens is 378 g/mol. The monoisotopic (exact) mass is 395 g/mol. The molecule has 1 aliphatic rings. The van der Waals surface area contributed by atoms with E-state index < -0.39 is 0 Å². The third kappa shape index (κ3) is 3.24. The van der Waals surface area contributed by atoms with E-state index in [9.17, 15) is 4.79 Å². The molecule has 0 unspecified atom stereocenters. The molecule has 3 aromatic rings. The highest BCUT2D eigenvalue weighted by Gasteiger charge is 2.16. The Balaban J connectivity index is 1.55. The second kappa shape index (κ2) is 6.84. The fourth-order valence-electron chi connectivity index (χ4n) is 3.35. The second-order valence-electron chi connectivity index (χ2n) is 6.27. The Morgan fingerprint density at radius 3 is 2.88 bits per heavy atom. The summed E-state index contributed by atoms with van der Waals surface area (Å²) in [6.07, 6.45) is 6.27. The normalized spacial score (nSPS) is 14.0. The Bertz CT molecular complexity index is 974. The van der Waals surface area contributed by atoms with Crippen molar-refractivity contribution in [2.24, 2.45) is 5.10 Å². The van der Waals surface area contributed by atoms with E-state index in [-0.39, 0.29) is 5.91 Å². The first kappa shape index (κ1) is 16.1. The molecule has 1 aliphatic carbocycles. The molecule has 0 saturated heterocycles. The molecule has 1 amide bonds. The van der Waals surface area contributed by atoms with E-state index in [1.807, 2.05) is 42.5 Å². The lowest BCUT2D eigenvalue weighted by molar-refractivity contribution is 0.0955. The van der Waals surface area contributed by atoms with Crippen LogP contribution < -0.4 is 5.43 Å². The highest BCUT2D eigenvalue weighted by atomic mass is 79.9. The number of hydrazone groups is 1. The van der Waals surface area contributed by atoms with Gasteiger partial charge in [-0.3, -0.25) is 4.79 Å². The molecule has 0 atom stereocenters. The molecular formula is C20H18BrN3O. The van der Waals surface area contributed by atoms with Crippen molar-refractivity contribution in [3.8, 4) is 0 Å². The lowest BCUT2D eigenvalue weighted by Gasteiger charge is -2.10. The van der Waals surface area contributed by atoms with E-state index in [0.29, 0.717) is 5.56 Å². The molecule has 4 rings (SSSR count). The van der Waals surface area contributed by atoms with Gasteiger partial charge in [-0.15, -0.1) is 0 Å². The molecule has 2 N–H and O–H groups in total. The molecule has 1 heterocycles. The number of aromatic amines is 1. The van der Waals surface area contributed by atoms with Crippen LogP contribution in [0.2, 0.25) is 0 Å². The first-order valence-electron chi connectivity index (χ1n) is 8.44. The van der Waals surface area contributed by atoms with E-state index in [0.717, 1.165) is 33.8 Å². The third-order valence-electron chi connectivity index (χ3n) is 4.64. The zero-order chi connectivity index (χ0) is 17.2. The van der Waals surface area contributed by atoms with Gasteiger partial charge in [-0.2, -0.15) is 5.10 Å². The lowest BCUT2D eigenvalue weighted by Crippen LogP contribution is -2.17. The zero-order valence-electron chi connectivity index (χ0n) is 13.7. The molecule has 0 aliphatic heterocycles. The van der Waals surface area contributed by atoms with Gasteiger partial charge in [0.25, 0.3) is 5.91 Å². The number of aryl methyl sites for hydroxylation is 2. The minimum atomic E-state index is -0.198. The van der Waals surface area contributed by atoms with Gasteiger partial charge in [0.2, 0.25) is 0 Å². The van der Waals surface area contributed by atoms with Gasteiger partial charge in [0.15, 0.2) is 0 Å². The fraction of sp³-hybridized carbons (Fsp3) is 0.200. The molecule has 126 valence electrons. The van der Waals surface area contributed by atoms with E-state index in [2.05, 4.69) is 31.4 Å². The summed E-state index contributed by atoms with van der Waals surface area (Å²) in [4.78, 5) is 15.9. The van der Waals surface area contributed by atoms with Crippen LogP contribution in [0.3, 0.4) is 0 Å². The fourth-order valence-corrected chi connectivity index (χ4v) is 3.74. The number of hydrogen-bond acceptors (Lipinski definition) is 2. The van der Waals surface area contributed by atoms with E-state index in [1.165, 1.54) is 24.1 Å². The number of nitrogens with one attached hydrogen (secondary N) is 2. The highest BCUT2D eigenvalue weighted by molar-refractivity contribution is 9.10. The molecule has 2 aromatic carbocycles. The standard InChI is InChI=1S/C20H18BrN3O/c21-17-7-3-1-5-14(17)12-22-24-20(25)13-9-10-19-16(11-13)15-6-2-4-8-18(15)23-19/h1,3,5,7,9-12,23H,2,4,6,8H2,(H,24,25)/b22-12+. The lowest BCUT2D eigenvalue weighted by atomic mass is 9.95. The summed E-state index contributed by atoms with van der Waals surface area (Å²) in [5.74, 6) is -0.198. The maximum Gasteiger partial charge on any atom is 0.271 e. The van der Waals surface area contributed by atoms with Gasteiger partial charge in [0.1, 0.15) is 0 Å². The average molecular weight is 396 g/mol. The van der Waals surface area contributed by atoms with Crippen LogP contribution in [0.5, 0.6) is 0 Å². The van der Waals surface area contributed by atoms with Gasteiger partial charge < -0.3 is 4.98 Å². The Hall–Kier alpha value is -2.40. The number of H-pyrrole nitrogens is 1. The predicted molar refractivity (Wildman–Crippen MR) is 104 cm³/mol. The molecule has 0 bridgehead atoms. The number of carbonyl (C=O) groups excluding carboxylic acids is 1. The van der Waals surface area contributed by atoms with Crippen molar-refractivity contribution in [2.45, 2.75) is 25.7 Å². The molecule has 25 heavy (non-hydrogen) atoms. The van der Waals surface area contributed by atoms with Crippen molar-refractivity contribution < 1.29 is 4.79 Å². The van der Waals surface area contributed by atoms with Gasteiger partial charge >= 0.3 is 0 Å². The maximum atomic E-state index is 12.4. The number of carbonyl (C=O) groups is 1. The first-order chi connectivity index (χ1) is 12.2. The molecule has 0 radical (unpaired) electrons. The molecule has 4 nitrogen and oxygen atoms in total. The van der Waals surface area contributed by atoms with Crippen molar-refractivity contribution in [2.75, 3.05) is 0 Å². The van der Waals surface area contributed by atoms with Crippen LogP contribution in [-0.4, -0.2) is 17.1 Å². The number of fused-ring (bicyclic) bond motifs is 3. The van der Waals surface area contributed by atoms with Crippen molar-refractivity contribution >= 4 is 39.0 Å². The smallest absolute Gasteiger partial charge is 0.271 e. The summed E-state index contributed by atoms with van der Waals surface area (Å²) in [6.45, 7) is 0. The van der Waals surface area contributed by atoms with E-state index >= 15 is 0 Å². The highest BCUT2D eigenvalue weighted by Crippen LogP contribution is 2.29. The van der Waals surface area contributed by atoms with Crippen LogP contribution in [0.15, 0.2) is 52.0 Å². The number of nitrogens with zero attached hydrogens (tertiary/aromatic N) is 1. The summed E-state index contributed by atoms with van der Waals surface area (Å²) < 4.78 is 0.938. The second-order valence-corrected chi connectivity index (χ2v) is 7.12. The summed E-state index contributed by atoms with van der Waals surface area (Å²) in [6, 6.07) is 13.5. The number of amides is 1. The number of hydrogen-bond donors (Lipinski definition) is 2. The summed E-state index contributed by atoms with van der Waals surface area (Å²) in [5.41, 5.74) is 7.96. The molecule has 0 fully saturated rings. The Morgan fingerprint density at radius 2 is 2.00 bits per heavy atom. The van der Waals surface area contributed by atoms with Crippen molar-refractivity contribution in [3.05, 3.63) is 69.3 Å². The van der Waals surface area contributed by atoms with Gasteiger partial charge in [-0.25, -0.2) is 5.43 Å². The maximum absolute atomic E-state index is 12.4. The zero-order valence-corrected chi connectivity index (χ0v) is 15.3. The topological polar surface area (TPSA) is 57.2 Å². The van der Waals surface area contributed by atoms with Crippen molar-refractivity contribution in [3.63, 3.8) is 0 Å². The summed E-state index contributed by atoms with van der Waals surface area (Å²) in [7, 11) is 0. The summed E-state index contributed by atoms with van der Waals surface area (Å²) >= 11 is 3.46. The van der Waals surface area contributed by atoms with Crippen molar-refractivity contribution in [1.82, 2.24) is 10.4 Å². The largest absolute Gasteiger partial charge is 0.358 e. The Labute approximate surface area is 154 Å². The Kier molecular flexibility index (Phi) is 4.40. The van der Waals surface area contributed by atoms with Gasteiger partial charge in [-0.1, -0.05) is 34.1 Å². The summed E-state index contributed by atoms with van der Waals surface area (Å²) in [5, 5.41) is 5.24. The first-order valence-corrected chi connectivity index (χ1v) is 9.23. The van der Waals surface area contributed by atoms with Crippen LogP contribution in [0, 0.1) is 0 Å². The number of benzene rings is 2. The van der Waals surface area contributed by atoms with E-state index in [4.69, 9.17) is 0 Å². The number of rotatable bonds is 3. The number of halogens is 1. The Morgan fingerprint density at radius 1 is 1.16 bits per heavy atom. The van der Waals surface area contributed by atoms with Crippen molar-refractivity contribution in [1.29, 1.82) is 0 Å². The molecule has 1 aromatic heterocycles. The van der Waals surface area contributed by atoms with Gasteiger partial charge in [0, 0.05) is 32.2 Å². The SMILES string of the molecule is O=C(N/N=C/c1ccccc1Br)c1ccc2[nH]c3c(c2c1)CCCC3. The van der Waals surface area contributed by atoms with Gasteiger partial charge in [-0.05, 0) is 55.5 Å². The van der Waals surface area contributed by atoms with Crippen LogP contribution in [-0.2, 0) is 12.8 Å². The average Bonchev–Trinajstić information content (AvgIpc) is 3.01. The van der Waals surface area contributed by atoms with E-state index in [1.54, 1.807) is 6.21 Å². The molecule has 5 heteroatoms. The molecule has 0 saturated carbocycles. The van der Waals surface area contributed by atoms with Crippen LogP contribution in [0.1, 0.15) is 40.0 Å². The van der Waals surface area contributed by atoms with Crippen LogP contribution in [0.25, 0.3) is 10.9 Å². The molecule has 0 spiro atoms. The third-order valence-corrected chi connectivity index (χ3v) is 5.36. The quantitative estimate of drug-likeness (QED) is 0.495. The number of aromatic nitrogens is 1. The van der Waals surface area contributed by atoms with Crippen LogP contribution in [0.4, 0.5) is 0 Å². The predicted octanol–water partition coefficient (Wildman–Crippen LogP) is 4.57.